The largest absolute Gasteiger partial charge is 0.369 e. The van der Waals surface area contributed by atoms with E-state index in [0.717, 1.165) is 54.0 Å². The summed E-state index contributed by atoms with van der Waals surface area (Å²) >= 11 is 0. The number of nitrogens with two attached hydrogens (primary N) is 2. The fourth-order valence-corrected chi connectivity index (χ4v) is 3.38. The van der Waals surface area contributed by atoms with Gasteiger partial charge in [0, 0.05) is 24.5 Å². The summed E-state index contributed by atoms with van der Waals surface area (Å²) in [6.45, 7) is 1.77. The molecule has 0 spiro atoms. The van der Waals surface area contributed by atoms with Crippen molar-refractivity contribution in [3.8, 4) is 11.4 Å². The van der Waals surface area contributed by atoms with Gasteiger partial charge in [-0.1, -0.05) is 6.07 Å². The van der Waals surface area contributed by atoms with E-state index in [9.17, 15) is 4.79 Å². The number of carbonyl (C=O) groups excluding carboxylic acids is 1. The Balaban J connectivity index is 1.71. The molecule has 1 saturated heterocycles. The van der Waals surface area contributed by atoms with Crippen molar-refractivity contribution in [1.29, 1.82) is 0 Å². The smallest absolute Gasteiger partial charge is 0.223 e. The highest BCUT2D eigenvalue weighted by atomic mass is 16.1. The van der Waals surface area contributed by atoms with Crippen LogP contribution in [0.2, 0.25) is 0 Å². The lowest BCUT2D eigenvalue weighted by Gasteiger charge is -2.31. The van der Waals surface area contributed by atoms with Crippen LogP contribution in [0.15, 0.2) is 30.5 Å². The molecular weight excluding hydrogens is 330 g/mol. The molecule has 4 rings (SSSR count). The van der Waals surface area contributed by atoms with Crippen LogP contribution in [0.3, 0.4) is 0 Å². The van der Waals surface area contributed by atoms with Crippen LogP contribution in [0, 0.1) is 0 Å². The number of hydrogen-bond acceptors (Lipinski definition) is 6. The third-order valence-corrected chi connectivity index (χ3v) is 4.62. The van der Waals surface area contributed by atoms with Gasteiger partial charge in [-0.2, -0.15) is 5.10 Å². The maximum atomic E-state index is 11.2. The number of aromatic nitrogens is 4. The summed E-state index contributed by atoms with van der Waals surface area (Å²) in [5.74, 6) is 0.490. The van der Waals surface area contributed by atoms with Crippen molar-refractivity contribution in [2.24, 2.45) is 11.5 Å². The normalized spacial score (nSPS) is 17.6. The molecule has 0 aliphatic carbocycles. The minimum Gasteiger partial charge on any atom is -0.369 e. The molecule has 1 aliphatic heterocycles. The first-order valence-electron chi connectivity index (χ1n) is 8.69. The Kier molecular flexibility index (Phi) is 4.26. The quantitative estimate of drug-likeness (QED) is 0.643. The van der Waals surface area contributed by atoms with E-state index in [1.54, 1.807) is 6.20 Å². The number of amides is 1. The lowest BCUT2D eigenvalue weighted by atomic mass is 10.1. The summed E-state index contributed by atoms with van der Waals surface area (Å²) in [6.07, 6.45) is 3.88. The van der Waals surface area contributed by atoms with E-state index in [2.05, 4.69) is 20.1 Å². The lowest BCUT2D eigenvalue weighted by molar-refractivity contribution is -0.117. The van der Waals surface area contributed by atoms with E-state index in [-0.39, 0.29) is 12.5 Å². The standard InChI is InChI=1S/C18H21N7O/c19-11-3-2-6-25(10-11)17-5-1-4-14(22-17)18-13-7-12(8-16(20)26)21-9-15(13)23-24-18/h1,4-5,7,9,11H,2-3,6,8,10,19H2,(H2,20,26)(H,23,24)/t11-/m0/s1. The van der Waals surface area contributed by atoms with Gasteiger partial charge in [0.1, 0.15) is 11.5 Å². The second-order valence-corrected chi connectivity index (χ2v) is 6.67. The first-order valence-corrected chi connectivity index (χ1v) is 8.69. The number of rotatable bonds is 4. The highest BCUT2D eigenvalue weighted by Crippen LogP contribution is 2.27. The first kappa shape index (κ1) is 16.5. The van der Waals surface area contributed by atoms with Crippen molar-refractivity contribution in [3.05, 3.63) is 36.2 Å². The molecule has 0 unspecified atom stereocenters. The van der Waals surface area contributed by atoms with Crippen LogP contribution < -0.4 is 16.4 Å². The van der Waals surface area contributed by atoms with E-state index in [1.165, 1.54) is 0 Å². The number of aromatic amines is 1. The summed E-state index contributed by atoms with van der Waals surface area (Å²) in [5.41, 5.74) is 14.3. The monoisotopic (exact) mass is 351 g/mol. The van der Waals surface area contributed by atoms with Crippen LogP contribution in [0.1, 0.15) is 18.5 Å². The Morgan fingerprint density at radius 2 is 2.27 bits per heavy atom. The average Bonchev–Trinajstić information content (AvgIpc) is 3.04. The Labute approximate surface area is 150 Å². The van der Waals surface area contributed by atoms with Crippen molar-refractivity contribution >= 4 is 22.6 Å². The van der Waals surface area contributed by atoms with Gasteiger partial charge >= 0.3 is 0 Å². The minimum atomic E-state index is -0.413. The number of nitrogens with one attached hydrogen (secondary N) is 1. The molecule has 3 aromatic heterocycles. The summed E-state index contributed by atoms with van der Waals surface area (Å²) in [7, 11) is 0. The van der Waals surface area contributed by atoms with E-state index in [0.29, 0.717) is 5.69 Å². The number of pyridine rings is 2. The number of nitrogens with zero attached hydrogens (tertiary/aromatic N) is 4. The Morgan fingerprint density at radius 3 is 3.08 bits per heavy atom. The van der Waals surface area contributed by atoms with Crippen molar-refractivity contribution in [3.63, 3.8) is 0 Å². The van der Waals surface area contributed by atoms with Gasteiger partial charge in [0.05, 0.1) is 29.5 Å². The summed E-state index contributed by atoms with van der Waals surface area (Å²) in [4.78, 5) is 22.4. The topological polar surface area (TPSA) is 127 Å². The number of hydrogen-bond donors (Lipinski definition) is 3. The molecular formula is C18H21N7O. The summed E-state index contributed by atoms with van der Waals surface area (Å²) in [5, 5.41) is 8.24. The number of fused-ring (bicyclic) bond motifs is 1. The fraction of sp³-hybridized carbons (Fsp3) is 0.333. The summed E-state index contributed by atoms with van der Waals surface area (Å²) < 4.78 is 0. The van der Waals surface area contributed by atoms with Gasteiger partial charge in [0.15, 0.2) is 0 Å². The molecule has 0 bridgehead atoms. The fourth-order valence-electron chi connectivity index (χ4n) is 3.38. The van der Waals surface area contributed by atoms with E-state index >= 15 is 0 Å². The van der Waals surface area contributed by atoms with Crippen LogP contribution in [-0.4, -0.2) is 45.2 Å². The zero-order valence-corrected chi connectivity index (χ0v) is 14.4. The van der Waals surface area contributed by atoms with Crippen LogP contribution >= 0.6 is 0 Å². The van der Waals surface area contributed by atoms with Crippen LogP contribution in [0.25, 0.3) is 22.3 Å². The number of piperidine rings is 1. The molecule has 134 valence electrons. The van der Waals surface area contributed by atoms with Gasteiger partial charge in [-0.3, -0.25) is 14.9 Å². The zero-order chi connectivity index (χ0) is 18.1. The van der Waals surface area contributed by atoms with Gasteiger partial charge in [-0.15, -0.1) is 0 Å². The van der Waals surface area contributed by atoms with Crippen molar-refractivity contribution in [2.45, 2.75) is 25.3 Å². The van der Waals surface area contributed by atoms with Crippen LogP contribution in [0.5, 0.6) is 0 Å². The van der Waals surface area contributed by atoms with Gasteiger partial charge in [-0.05, 0) is 31.0 Å². The molecule has 1 atom stereocenters. The van der Waals surface area contributed by atoms with E-state index in [1.807, 2.05) is 24.3 Å². The van der Waals surface area contributed by atoms with Crippen LogP contribution in [-0.2, 0) is 11.2 Å². The lowest BCUT2D eigenvalue weighted by Crippen LogP contribution is -2.43. The number of primary amides is 1. The highest BCUT2D eigenvalue weighted by molar-refractivity contribution is 5.92. The van der Waals surface area contributed by atoms with Crippen LogP contribution in [0.4, 0.5) is 5.82 Å². The van der Waals surface area contributed by atoms with Gasteiger partial charge in [0.2, 0.25) is 5.91 Å². The van der Waals surface area contributed by atoms with Crippen molar-refractivity contribution in [1.82, 2.24) is 20.2 Å². The molecule has 8 nitrogen and oxygen atoms in total. The predicted octanol–water partition coefficient (Wildman–Crippen LogP) is 0.975. The Hall–Kier alpha value is -3.00. The van der Waals surface area contributed by atoms with E-state index in [4.69, 9.17) is 16.5 Å². The Bertz CT molecular complexity index is 952. The zero-order valence-electron chi connectivity index (χ0n) is 14.4. The maximum Gasteiger partial charge on any atom is 0.223 e. The molecule has 5 N–H and O–H groups in total. The number of carbonyl (C=O) groups is 1. The molecule has 0 radical (unpaired) electrons. The second kappa shape index (κ2) is 6.72. The molecule has 4 heterocycles. The van der Waals surface area contributed by atoms with Gasteiger partial charge in [0.25, 0.3) is 0 Å². The Morgan fingerprint density at radius 1 is 1.38 bits per heavy atom. The summed E-state index contributed by atoms with van der Waals surface area (Å²) in [6, 6.07) is 7.92. The van der Waals surface area contributed by atoms with E-state index < -0.39 is 5.91 Å². The first-order chi connectivity index (χ1) is 12.6. The number of anilines is 1. The average molecular weight is 351 g/mol. The molecule has 8 heteroatoms. The second-order valence-electron chi connectivity index (χ2n) is 6.67. The molecule has 1 aliphatic rings. The number of H-pyrrole nitrogens is 1. The molecule has 0 aromatic carbocycles. The van der Waals surface area contributed by atoms with Gasteiger partial charge in [-0.25, -0.2) is 4.98 Å². The molecule has 0 saturated carbocycles. The predicted molar refractivity (Wildman–Crippen MR) is 99.4 cm³/mol. The minimum absolute atomic E-state index is 0.0969. The third kappa shape index (κ3) is 3.23. The molecule has 3 aromatic rings. The third-order valence-electron chi connectivity index (χ3n) is 4.62. The van der Waals surface area contributed by atoms with Gasteiger partial charge < -0.3 is 16.4 Å². The SMILES string of the molecule is NC(=O)Cc1cc2c(-c3cccc(N4CCC[C@H](N)C4)n3)n[nH]c2cn1. The maximum absolute atomic E-state index is 11.2. The molecule has 1 amide bonds. The molecule has 26 heavy (non-hydrogen) atoms. The highest BCUT2D eigenvalue weighted by Gasteiger charge is 2.19. The van der Waals surface area contributed by atoms with Crippen molar-refractivity contribution in [2.75, 3.05) is 18.0 Å². The van der Waals surface area contributed by atoms with Crippen molar-refractivity contribution < 1.29 is 4.79 Å². The molecule has 1 fully saturated rings.